The second-order valence-corrected chi connectivity index (χ2v) is 5.11. The van der Waals surface area contributed by atoms with Crippen molar-refractivity contribution >= 4 is 5.82 Å². The van der Waals surface area contributed by atoms with E-state index in [1.165, 1.54) is 20.2 Å². The van der Waals surface area contributed by atoms with Gasteiger partial charge in [0.05, 0.1) is 6.10 Å². The molecule has 126 valence electrons. The molecule has 0 saturated heterocycles. The summed E-state index contributed by atoms with van der Waals surface area (Å²) in [6, 6.07) is 4.63. The maximum absolute atomic E-state index is 13.2. The van der Waals surface area contributed by atoms with Crippen molar-refractivity contribution in [2.24, 2.45) is 14.1 Å². The highest BCUT2D eigenvalue weighted by Gasteiger charge is 2.17. The number of nitriles is 1. The van der Waals surface area contributed by atoms with Gasteiger partial charge in [0.2, 0.25) is 0 Å². The summed E-state index contributed by atoms with van der Waals surface area (Å²) in [5, 5.41) is 21.8. The molecular weight excluding hydrogens is 322 g/mol. The first-order chi connectivity index (χ1) is 11.3. The van der Waals surface area contributed by atoms with Gasteiger partial charge in [0.1, 0.15) is 11.9 Å². The van der Waals surface area contributed by atoms with Crippen LogP contribution in [0.25, 0.3) is 0 Å². The predicted octanol–water partition coefficient (Wildman–Crippen LogP) is 0.379. The first-order valence-corrected chi connectivity index (χ1v) is 6.85. The summed E-state index contributed by atoms with van der Waals surface area (Å²) in [5.74, 6) is -2.21. The standard InChI is InChI=1S/C15H14F2N4O3/c1-20-13(9(6-18)14(23)21(2)15(20)24)19-7-12(22)8-3-4-10(16)11(17)5-8/h3-5,12,19,22H,7H2,1-2H3/t12-/m0/s1. The number of halogens is 2. The Labute approximate surface area is 135 Å². The molecule has 1 aromatic heterocycles. The van der Waals surface area contributed by atoms with Gasteiger partial charge in [0.15, 0.2) is 17.2 Å². The molecule has 0 bridgehead atoms. The van der Waals surface area contributed by atoms with Crippen LogP contribution in [0.2, 0.25) is 0 Å². The zero-order chi connectivity index (χ0) is 18.0. The normalized spacial score (nSPS) is 11.8. The average Bonchev–Trinajstić information content (AvgIpc) is 2.57. The average molecular weight is 336 g/mol. The summed E-state index contributed by atoms with van der Waals surface area (Å²) in [5.41, 5.74) is -1.61. The molecule has 9 heteroatoms. The van der Waals surface area contributed by atoms with Crippen molar-refractivity contribution in [1.82, 2.24) is 9.13 Å². The lowest BCUT2D eigenvalue weighted by Gasteiger charge is -2.17. The third-order valence-electron chi connectivity index (χ3n) is 3.57. The highest BCUT2D eigenvalue weighted by Crippen LogP contribution is 2.17. The lowest BCUT2D eigenvalue weighted by Crippen LogP contribution is -2.40. The van der Waals surface area contributed by atoms with E-state index < -0.39 is 29.0 Å². The number of anilines is 1. The molecule has 0 aliphatic rings. The van der Waals surface area contributed by atoms with Crippen molar-refractivity contribution < 1.29 is 13.9 Å². The molecule has 24 heavy (non-hydrogen) atoms. The maximum atomic E-state index is 13.2. The van der Waals surface area contributed by atoms with Gasteiger partial charge >= 0.3 is 5.69 Å². The number of aliphatic hydroxyl groups is 1. The van der Waals surface area contributed by atoms with Gasteiger partial charge in [-0.1, -0.05) is 6.07 Å². The van der Waals surface area contributed by atoms with Gasteiger partial charge in [-0.25, -0.2) is 13.6 Å². The van der Waals surface area contributed by atoms with Crippen molar-refractivity contribution in [3.8, 4) is 6.07 Å². The van der Waals surface area contributed by atoms with E-state index in [0.717, 1.165) is 21.3 Å². The number of hydrogen-bond acceptors (Lipinski definition) is 5. The Balaban J connectivity index is 2.32. The van der Waals surface area contributed by atoms with Crippen molar-refractivity contribution in [2.45, 2.75) is 6.10 Å². The first kappa shape index (κ1) is 17.4. The predicted molar refractivity (Wildman–Crippen MR) is 81.4 cm³/mol. The molecule has 0 aliphatic heterocycles. The number of nitrogens with zero attached hydrogens (tertiary/aromatic N) is 3. The highest BCUT2D eigenvalue weighted by molar-refractivity contribution is 5.51. The van der Waals surface area contributed by atoms with Crippen molar-refractivity contribution in [2.75, 3.05) is 11.9 Å². The minimum atomic E-state index is -1.24. The Morgan fingerprint density at radius 1 is 1.25 bits per heavy atom. The van der Waals surface area contributed by atoms with Gasteiger partial charge in [0, 0.05) is 20.6 Å². The summed E-state index contributed by atoms with van der Waals surface area (Å²) in [6.45, 7) is -0.222. The summed E-state index contributed by atoms with van der Waals surface area (Å²) < 4.78 is 27.9. The fourth-order valence-electron chi connectivity index (χ4n) is 2.18. The number of rotatable bonds is 4. The lowest BCUT2D eigenvalue weighted by molar-refractivity contribution is 0.190. The minimum absolute atomic E-state index is 0.0627. The molecule has 2 aromatic rings. The molecular formula is C15H14F2N4O3. The Morgan fingerprint density at radius 3 is 2.50 bits per heavy atom. The van der Waals surface area contributed by atoms with Gasteiger partial charge in [-0.3, -0.25) is 13.9 Å². The lowest BCUT2D eigenvalue weighted by atomic mass is 10.1. The topological polar surface area (TPSA) is 100 Å². The van der Waals surface area contributed by atoms with Crippen LogP contribution in [0.1, 0.15) is 17.2 Å². The van der Waals surface area contributed by atoms with Crippen molar-refractivity contribution in [3.63, 3.8) is 0 Å². The molecule has 1 heterocycles. The quantitative estimate of drug-likeness (QED) is 0.841. The minimum Gasteiger partial charge on any atom is -0.387 e. The highest BCUT2D eigenvalue weighted by atomic mass is 19.2. The van der Waals surface area contributed by atoms with Crippen molar-refractivity contribution in [1.29, 1.82) is 5.26 Å². The summed E-state index contributed by atoms with van der Waals surface area (Å²) in [6.07, 6.45) is -1.24. The molecule has 2 N–H and O–H groups in total. The van der Waals surface area contributed by atoms with Crippen LogP contribution in [0.5, 0.6) is 0 Å². The summed E-state index contributed by atoms with van der Waals surface area (Å²) in [7, 11) is 2.60. The zero-order valence-electron chi connectivity index (χ0n) is 12.9. The Hall–Kier alpha value is -2.99. The van der Waals surface area contributed by atoms with E-state index in [9.17, 15) is 23.5 Å². The summed E-state index contributed by atoms with van der Waals surface area (Å²) in [4.78, 5) is 23.8. The van der Waals surface area contributed by atoms with E-state index in [0.29, 0.717) is 0 Å². The van der Waals surface area contributed by atoms with Crippen LogP contribution in [-0.4, -0.2) is 20.8 Å². The van der Waals surface area contributed by atoms with Gasteiger partial charge in [-0.15, -0.1) is 0 Å². The monoisotopic (exact) mass is 336 g/mol. The van der Waals surface area contributed by atoms with Crippen LogP contribution in [0.4, 0.5) is 14.6 Å². The van der Waals surface area contributed by atoms with Crippen molar-refractivity contribution in [3.05, 3.63) is 61.8 Å². The van der Waals surface area contributed by atoms with E-state index in [2.05, 4.69) is 5.32 Å². The summed E-state index contributed by atoms with van der Waals surface area (Å²) >= 11 is 0. The molecule has 1 atom stereocenters. The van der Waals surface area contributed by atoms with Crippen LogP contribution in [0, 0.1) is 23.0 Å². The molecule has 0 amide bonds. The molecule has 0 saturated carbocycles. The Morgan fingerprint density at radius 2 is 1.92 bits per heavy atom. The van der Waals surface area contributed by atoms with Gasteiger partial charge < -0.3 is 10.4 Å². The second kappa shape index (κ2) is 6.64. The van der Waals surface area contributed by atoms with E-state index in [4.69, 9.17) is 5.26 Å². The van der Waals surface area contributed by atoms with E-state index in [-0.39, 0.29) is 23.5 Å². The van der Waals surface area contributed by atoms with E-state index in [1.807, 2.05) is 0 Å². The van der Waals surface area contributed by atoms with Gasteiger partial charge in [-0.05, 0) is 17.7 Å². The van der Waals surface area contributed by atoms with Crippen LogP contribution < -0.4 is 16.6 Å². The molecule has 1 aromatic carbocycles. The number of hydrogen-bond donors (Lipinski definition) is 2. The Kier molecular flexibility index (Phi) is 4.80. The third-order valence-corrected chi connectivity index (χ3v) is 3.57. The second-order valence-electron chi connectivity index (χ2n) is 5.11. The molecule has 0 radical (unpaired) electrons. The molecule has 2 rings (SSSR count). The molecule has 0 aliphatic carbocycles. The fraction of sp³-hybridized carbons (Fsp3) is 0.267. The van der Waals surface area contributed by atoms with E-state index >= 15 is 0 Å². The molecule has 0 unspecified atom stereocenters. The van der Waals surface area contributed by atoms with Crippen LogP contribution in [-0.2, 0) is 14.1 Å². The van der Waals surface area contributed by atoms with Crippen LogP contribution in [0.15, 0.2) is 27.8 Å². The maximum Gasteiger partial charge on any atom is 0.332 e. The number of nitrogens with one attached hydrogen (secondary N) is 1. The molecule has 0 fully saturated rings. The van der Waals surface area contributed by atoms with Crippen LogP contribution >= 0.6 is 0 Å². The Bertz CT molecular complexity index is 943. The number of benzene rings is 1. The van der Waals surface area contributed by atoms with Gasteiger partial charge in [0.25, 0.3) is 5.56 Å². The fourth-order valence-corrected chi connectivity index (χ4v) is 2.18. The molecule has 7 nitrogen and oxygen atoms in total. The largest absolute Gasteiger partial charge is 0.387 e. The number of aromatic nitrogens is 2. The zero-order valence-corrected chi connectivity index (χ0v) is 12.9. The SMILES string of the molecule is Cn1c(NC[C@H](O)c2ccc(F)c(F)c2)c(C#N)c(=O)n(C)c1=O. The molecule has 0 spiro atoms. The number of aliphatic hydroxyl groups excluding tert-OH is 1. The van der Waals surface area contributed by atoms with Crippen LogP contribution in [0.3, 0.4) is 0 Å². The smallest absolute Gasteiger partial charge is 0.332 e. The van der Waals surface area contributed by atoms with Gasteiger partial charge in [-0.2, -0.15) is 5.26 Å². The van der Waals surface area contributed by atoms with E-state index in [1.54, 1.807) is 6.07 Å². The first-order valence-electron chi connectivity index (χ1n) is 6.85. The third kappa shape index (κ3) is 3.04.